The fourth-order valence-corrected chi connectivity index (χ4v) is 2.52. The van der Waals surface area contributed by atoms with Crippen molar-refractivity contribution >= 4 is 6.08 Å². The van der Waals surface area contributed by atoms with Crippen molar-refractivity contribution in [3.63, 3.8) is 0 Å². The average Bonchev–Trinajstić information content (AvgIpc) is 2.42. The quantitative estimate of drug-likeness (QED) is 0.590. The summed E-state index contributed by atoms with van der Waals surface area (Å²) in [5, 5.41) is 0. The first-order valence-electron chi connectivity index (χ1n) is 6.59. The molecule has 1 aliphatic rings. The van der Waals surface area contributed by atoms with Gasteiger partial charge in [0.05, 0.1) is 19.3 Å². The first-order chi connectivity index (χ1) is 8.90. The van der Waals surface area contributed by atoms with Crippen molar-refractivity contribution in [3.8, 4) is 0 Å². The Kier molecular flexibility index (Phi) is 5.13. The third kappa shape index (κ3) is 3.80. The lowest BCUT2D eigenvalue weighted by Crippen LogP contribution is -2.27. The lowest BCUT2D eigenvalue weighted by molar-refractivity contribution is 0.0665. The molecule has 0 aliphatic heterocycles. The van der Waals surface area contributed by atoms with Crippen LogP contribution in [0.15, 0.2) is 35.3 Å². The van der Waals surface area contributed by atoms with Gasteiger partial charge >= 0.3 is 0 Å². The van der Waals surface area contributed by atoms with E-state index in [-0.39, 0.29) is 6.04 Å². The minimum atomic E-state index is 0.118. The van der Waals surface area contributed by atoms with Crippen molar-refractivity contribution in [2.75, 3.05) is 6.61 Å². The van der Waals surface area contributed by atoms with E-state index in [4.69, 9.17) is 4.74 Å². The molecule has 3 heteroatoms. The molecule has 0 saturated heterocycles. The van der Waals surface area contributed by atoms with E-state index in [1.54, 1.807) is 6.08 Å². The molecule has 1 aromatic rings. The first-order valence-corrected chi connectivity index (χ1v) is 6.59. The molecular weight excluding hydrogens is 226 g/mol. The number of rotatable bonds is 5. The molecule has 0 spiro atoms. The zero-order valence-corrected chi connectivity index (χ0v) is 10.5. The molecule has 1 fully saturated rings. The van der Waals surface area contributed by atoms with Gasteiger partial charge in [0, 0.05) is 5.92 Å². The van der Waals surface area contributed by atoms with Crippen molar-refractivity contribution in [1.82, 2.24) is 0 Å². The molecule has 1 aromatic carbocycles. The van der Waals surface area contributed by atoms with E-state index in [2.05, 4.69) is 17.1 Å². The maximum Gasteiger partial charge on any atom is 0.235 e. The van der Waals surface area contributed by atoms with E-state index >= 15 is 0 Å². The summed E-state index contributed by atoms with van der Waals surface area (Å²) in [4.78, 5) is 14.3. The molecule has 2 atom stereocenters. The lowest BCUT2D eigenvalue weighted by Gasteiger charge is -2.27. The van der Waals surface area contributed by atoms with Crippen LogP contribution in [0.4, 0.5) is 0 Å². The minimum Gasteiger partial charge on any atom is -0.376 e. The second-order valence-corrected chi connectivity index (χ2v) is 4.83. The monoisotopic (exact) mass is 245 g/mol. The van der Waals surface area contributed by atoms with Crippen molar-refractivity contribution in [2.45, 2.75) is 38.3 Å². The fourth-order valence-electron chi connectivity index (χ4n) is 2.52. The molecule has 1 aliphatic carbocycles. The number of aliphatic imine (C=N–C) groups is 1. The van der Waals surface area contributed by atoms with Gasteiger partial charge in [-0.25, -0.2) is 9.79 Å². The number of carbonyl (C=O) groups excluding carboxylic acids is 1. The third-order valence-electron chi connectivity index (χ3n) is 3.53. The molecule has 0 aromatic heterocycles. The number of nitrogens with zero attached hydrogens (tertiary/aromatic N) is 1. The summed E-state index contributed by atoms with van der Waals surface area (Å²) in [5.41, 5.74) is 1.18. The molecule has 0 amide bonds. The molecule has 0 heterocycles. The highest BCUT2D eigenvalue weighted by molar-refractivity contribution is 5.33. The summed E-state index contributed by atoms with van der Waals surface area (Å²) in [7, 11) is 0. The second-order valence-electron chi connectivity index (χ2n) is 4.83. The van der Waals surface area contributed by atoms with Crippen LogP contribution >= 0.6 is 0 Å². The lowest BCUT2D eigenvalue weighted by atomic mass is 9.85. The van der Waals surface area contributed by atoms with Crippen molar-refractivity contribution in [2.24, 2.45) is 10.9 Å². The third-order valence-corrected chi connectivity index (χ3v) is 3.53. The number of ether oxygens (including phenoxy) is 1. The second kappa shape index (κ2) is 7.10. The van der Waals surface area contributed by atoms with Gasteiger partial charge in [0.15, 0.2) is 0 Å². The van der Waals surface area contributed by atoms with Crippen LogP contribution in [0.1, 0.15) is 31.2 Å². The van der Waals surface area contributed by atoms with Gasteiger partial charge in [0.1, 0.15) is 0 Å². The van der Waals surface area contributed by atoms with Crippen LogP contribution < -0.4 is 0 Å². The summed E-state index contributed by atoms with van der Waals surface area (Å²) in [5.74, 6) is 0.379. The predicted molar refractivity (Wildman–Crippen MR) is 70.0 cm³/mol. The summed E-state index contributed by atoms with van der Waals surface area (Å²) in [6.07, 6.45) is 6.16. The van der Waals surface area contributed by atoms with Gasteiger partial charge in [-0.2, -0.15) is 0 Å². The summed E-state index contributed by atoms with van der Waals surface area (Å²) < 4.78 is 5.75. The topological polar surface area (TPSA) is 38.7 Å². The Morgan fingerprint density at radius 1 is 1.22 bits per heavy atom. The van der Waals surface area contributed by atoms with E-state index < -0.39 is 0 Å². The van der Waals surface area contributed by atoms with Gasteiger partial charge in [0.25, 0.3) is 0 Å². The highest BCUT2D eigenvalue weighted by Crippen LogP contribution is 2.27. The van der Waals surface area contributed by atoms with E-state index in [1.807, 2.05) is 18.2 Å². The maximum atomic E-state index is 10.4. The van der Waals surface area contributed by atoms with Gasteiger partial charge in [-0.1, -0.05) is 43.2 Å². The van der Waals surface area contributed by atoms with Gasteiger partial charge < -0.3 is 4.74 Å². The fraction of sp³-hybridized carbons (Fsp3) is 0.533. The summed E-state index contributed by atoms with van der Waals surface area (Å²) >= 11 is 0. The Balaban J connectivity index is 1.79. The number of isocyanates is 1. The summed E-state index contributed by atoms with van der Waals surface area (Å²) in [6, 6.07) is 10.3. The smallest absolute Gasteiger partial charge is 0.235 e. The Bertz CT molecular complexity index is 398. The van der Waals surface area contributed by atoms with Crippen molar-refractivity contribution < 1.29 is 9.53 Å². The highest BCUT2D eigenvalue weighted by Gasteiger charge is 2.24. The van der Waals surface area contributed by atoms with Crippen LogP contribution in [0.3, 0.4) is 0 Å². The maximum absolute atomic E-state index is 10.4. The number of benzene rings is 1. The molecule has 96 valence electrons. The van der Waals surface area contributed by atoms with Crippen LogP contribution in [0.5, 0.6) is 0 Å². The van der Waals surface area contributed by atoms with Crippen LogP contribution in [0, 0.1) is 5.92 Å². The first kappa shape index (κ1) is 13.0. The Hall–Kier alpha value is -1.44. The van der Waals surface area contributed by atoms with Crippen molar-refractivity contribution in [1.29, 1.82) is 0 Å². The predicted octanol–water partition coefficient (Wildman–Crippen LogP) is 3.10. The highest BCUT2D eigenvalue weighted by atomic mass is 16.5. The number of hydrogen-bond donors (Lipinski definition) is 0. The van der Waals surface area contributed by atoms with E-state index in [1.165, 1.54) is 12.0 Å². The molecule has 3 nitrogen and oxygen atoms in total. The van der Waals surface area contributed by atoms with Crippen molar-refractivity contribution in [3.05, 3.63) is 35.9 Å². The molecule has 18 heavy (non-hydrogen) atoms. The summed E-state index contributed by atoms with van der Waals surface area (Å²) in [6.45, 7) is 1.32. The van der Waals surface area contributed by atoms with Crippen LogP contribution in [0.25, 0.3) is 0 Å². The zero-order chi connectivity index (χ0) is 12.6. The molecule has 1 saturated carbocycles. The average molecular weight is 245 g/mol. The standard InChI is InChI=1S/C15H19NO2/c17-12-16-15-9-5-4-8-14(15)11-18-10-13-6-2-1-3-7-13/h1-3,6-7,14-15H,4-5,8-11H2. The normalized spacial score (nSPS) is 23.3. The van der Waals surface area contributed by atoms with Crippen LogP contribution in [-0.2, 0) is 16.1 Å². The largest absolute Gasteiger partial charge is 0.376 e. The minimum absolute atomic E-state index is 0.118. The van der Waals surface area contributed by atoms with Crippen LogP contribution in [-0.4, -0.2) is 18.7 Å². The Morgan fingerprint density at radius 3 is 2.78 bits per heavy atom. The molecule has 2 rings (SSSR count). The zero-order valence-electron chi connectivity index (χ0n) is 10.5. The molecule has 0 radical (unpaired) electrons. The number of hydrogen-bond acceptors (Lipinski definition) is 3. The Morgan fingerprint density at radius 2 is 2.00 bits per heavy atom. The van der Waals surface area contributed by atoms with E-state index in [0.29, 0.717) is 19.1 Å². The SMILES string of the molecule is O=C=NC1CCCCC1COCc1ccccc1. The molecular formula is C15H19NO2. The van der Waals surface area contributed by atoms with E-state index in [0.717, 1.165) is 19.3 Å². The Labute approximate surface area is 108 Å². The van der Waals surface area contributed by atoms with Gasteiger partial charge in [-0.3, -0.25) is 0 Å². The molecule has 0 N–H and O–H groups in total. The van der Waals surface area contributed by atoms with Crippen LogP contribution in [0.2, 0.25) is 0 Å². The van der Waals surface area contributed by atoms with Gasteiger partial charge in [-0.05, 0) is 18.4 Å². The molecule has 0 bridgehead atoms. The molecule has 2 unspecified atom stereocenters. The van der Waals surface area contributed by atoms with Gasteiger partial charge in [-0.15, -0.1) is 0 Å². The van der Waals surface area contributed by atoms with E-state index in [9.17, 15) is 4.79 Å². The van der Waals surface area contributed by atoms with Gasteiger partial charge in [0.2, 0.25) is 6.08 Å².